The van der Waals surface area contributed by atoms with E-state index in [9.17, 15) is 4.79 Å². The van der Waals surface area contributed by atoms with Crippen molar-refractivity contribution in [3.8, 4) is 6.07 Å². The number of nitrogens with zero attached hydrogens (tertiary/aromatic N) is 2. The van der Waals surface area contributed by atoms with Crippen LogP contribution in [0.5, 0.6) is 0 Å². The van der Waals surface area contributed by atoms with Gasteiger partial charge in [0.1, 0.15) is 6.04 Å². The SMILES string of the molecule is Cc1cccc(C(=O)N(C)C(C)C#N)c1I. The lowest BCUT2D eigenvalue weighted by molar-refractivity contribution is 0.0772. The van der Waals surface area contributed by atoms with Gasteiger partial charge >= 0.3 is 0 Å². The maximum atomic E-state index is 12.1. The topological polar surface area (TPSA) is 44.1 Å². The fourth-order valence-electron chi connectivity index (χ4n) is 1.27. The molecule has 0 fully saturated rings. The second-order valence-electron chi connectivity index (χ2n) is 3.66. The standard InChI is InChI=1S/C12H13IN2O/c1-8-5-4-6-10(11(8)13)12(16)15(3)9(2)7-14/h4-6,9H,1-3H3. The highest BCUT2D eigenvalue weighted by Crippen LogP contribution is 2.18. The first-order valence-corrected chi connectivity index (χ1v) is 5.98. The molecule has 1 rings (SSSR count). The van der Waals surface area contributed by atoms with Crippen molar-refractivity contribution in [3.63, 3.8) is 0 Å². The summed E-state index contributed by atoms with van der Waals surface area (Å²) in [6, 6.07) is 7.25. The second-order valence-corrected chi connectivity index (χ2v) is 4.74. The minimum Gasteiger partial charge on any atom is -0.326 e. The van der Waals surface area contributed by atoms with Crippen LogP contribution in [0.1, 0.15) is 22.8 Å². The van der Waals surface area contributed by atoms with Gasteiger partial charge in [0, 0.05) is 10.6 Å². The molecule has 0 aromatic heterocycles. The van der Waals surface area contributed by atoms with Crippen LogP contribution in [0.3, 0.4) is 0 Å². The van der Waals surface area contributed by atoms with Crippen LogP contribution >= 0.6 is 22.6 Å². The number of carbonyl (C=O) groups is 1. The molecule has 0 aliphatic carbocycles. The quantitative estimate of drug-likeness (QED) is 0.784. The number of hydrogen-bond donors (Lipinski definition) is 0. The molecule has 0 heterocycles. The highest BCUT2D eigenvalue weighted by atomic mass is 127. The summed E-state index contributed by atoms with van der Waals surface area (Å²) in [5.74, 6) is -0.109. The van der Waals surface area contributed by atoms with Crippen molar-refractivity contribution in [2.75, 3.05) is 7.05 Å². The summed E-state index contributed by atoms with van der Waals surface area (Å²) >= 11 is 2.16. The molecule has 0 aliphatic heterocycles. The van der Waals surface area contributed by atoms with Gasteiger partial charge in [-0.1, -0.05) is 12.1 Å². The van der Waals surface area contributed by atoms with Crippen LogP contribution in [-0.4, -0.2) is 23.9 Å². The molecule has 0 aliphatic rings. The van der Waals surface area contributed by atoms with E-state index in [0.29, 0.717) is 5.56 Å². The molecular weight excluding hydrogens is 315 g/mol. The maximum absolute atomic E-state index is 12.1. The number of carbonyl (C=O) groups excluding carboxylic acids is 1. The highest BCUT2D eigenvalue weighted by molar-refractivity contribution is 14.1. The third-order valence-electron chi connectivity index (χ3n) is 2.51. The zero-order valence-electron chi connectivity index (χ0n) is 9.49. The summed E-state index contributed by atoms with van der Waals surface area (Å²) in [6.45, 7) is 3.67. The first-order valence-electron chi connectivity index (χ1n) is 4.91. The van der Waals surface area contributed by atoms with E-state index in [2.05, 4.69) is 28.7 Å². The lowest BCUT2D eigenvalue weighted by Crippen LogP contribution is -2.34. The van der Waals surface area contributed by atoms with Crippen LogP contribution in [-0.2, 0) is 0 Å². The molecule has 0 N–H and O–H groups in total. The Morgan fingerprint density at radius 1 is 1.56 bits per heavy atom. The van der Waals surface area contributed by atoms with Gasteiger partial charge < -0.3 is 4.90 Å². The van der Waals surface area contributed by atoms with Gasteiger partial charge in [-0.3, -0.25) is 4.79 Å². The van der Waals surface area contributed by atoms with E-state index in [1.165, 1.54) is 4.90 Å². The fraction of sp³-hybridized carbons (Fsp3) is 0.333. The number of nitriles is 1. The summed E-state index contributed by atoms with van der Waals surface area (Å²) in [4.78, 5) is 13.5. The van der Waals surface area contributed by atoms with Crippen LogP contribution in [0.25, 0.3) is 0 Å². The lowest BCUT2D eigenvalue weighted by Gasteiger charge is -2.20. The van der Waals surface area contributed by atoms with E-state index in [-0.39, 0.29) is 5.91 Å². The number of rotatable bonds is 2. The van der Waals surface area contributed by atoms with Gasteiger partial charge in [0.05, 0.1) is 11.6 Å². The monoisotopic (exact) mass is 328 g/mol. The molecule has 0 saturated heterocycles. The Morgan fingerprint density at radius 3 is 2.75 bits per heavy atom. The van der Waals surface area contributed by atoms with E-state index in [4.69, 9.17) is 5.26 Å². The molecule has 1 amide bonds. The molecule has 0 saturated carbocycles. The number of aryl methyl sites for hydroxylation is 1. The van der Waals surface area contributed by atoms with Gasteiger partial charge in [-0.05, 0) is 48.1 Å². The molecule has 0 bridgehead atoms. The van der Waals surface area contributed by atoms with E-state index in [1.54, 1.807) is 20.0 Å². The van der Waals surface area contributed by atoms with Crippen molar-refractivity contribution in [1.82, 2.24) is 4.90 Å². The van der Waals surface area contributed by atoms with Crippen molar-refractivity contribution >= 4 is 28.5 Å². The van der Waals surface area contributed by atoms with Crippen LogP contribution in [0.2, 0.25) is 0 Å². The van der Waals surface area contributed by atoms with Crippen LogP contribution < -0.4 is 0 Å². The van der Waals surface area contributed by atoms with E-state index >= 15 is 0 Å². The van der Waals surface area contributed by atoms with Gasteiger partial charge in [-0.2, -0.15) is 5.26 Å². The Morgan fingerprint density at radius 2 is 2.19 bits per heavy atom. The molecule has 1 unspecified atom stereocenters. The average molecular weight is 328 g/mol. The minimum absolute atomic E-state index is 0.109. The Hall–Kier alpha value is -1.09. The third kappa shape index (κ3) is 2.53. The van der Waals surface area contributed by atoms with Gasteiger partial charge in [0.25, 0.3) is 5.91 Å². The van der Waals surface area contributed by atoms with Crippen LogP contribution in [0.15, 0.2) is 18.2 Å². The van der Waals surface area contributed by atoms with E-state index in [0.717, 1.165) is 9.13 Å². The molecule has 1 aromatic rings. The normalized spacial score (nSPS) is 11.7. The Labute approximate surface area is 109 Å². The van der Waals surface area contributed by atoms with Gasteiger partial charge in [-0.25, -0.2) is 0 Å². The predicted octanol–water partition coefficient (Wildman–Crippen LogP) is 2.58. The number of amides is 1. The Bertz CT molecular complexity index is 451. The van der Waals surface area contributed by atoms with Crippen molar-refractivity contribution < 1.29 is 4.79 Å². The van der Waals surface area contributed by atoms with Gasteiger partial charge in [0.2, 0.25) is 0 Å². The number of halogens is 1. The van der Waals surface area contributed by atoms with Crippen molar-refractivity contribution in [2.24, 2.45) is 0 Å². The summed E-state index contributed by atoms with van der Waals surface area (Å²) in [5, 5.41) is 8.78. The lowest BCUT2D eigenvalue weighted by atomic mass is 10.1. The molecule has 1 aromatic carbocycles. The summed E-state index contributed by atoms with van der Waals surface area (Å²) in [6.07, 6.45) is 0. The highest BCUT2D eigenvalue weighted by Gasteiger charge is 2.19. The largest absolute Gasteiger partial charge is 0.326 e. The van der Waals surface area contributed by atoms with E-state index < -0.39 is 6.04 Å². The predicted molar refractivity (Wildman–Crippen MR) is 71.1 cm³/mol. The summed E-state index contributed by atoms with van der Waals surface area (Å²) < 4.78 is 0.946. The summed E-state index contributed by atoms with van der Waals surface area (Å²) in [5.41, 5.74) is 1.73. The Kier molecular flexibility index (Phi) is 4.30. The van der Waals surface area contributed by atoms with Crippen LogP contribution in [0.4, 0.5) is 0 Å². The smallest absolute Gasteiger partial charge is 0.255 e. The average Bonchev–Trinajstić information content (AvgIpc) is 2.29. The molecule has 0 spiro atoms. The summed E-state index contributed by atoms with van der Waals surface area (Å²) in [7, 11) is 1.65. The molecule has 1 atom stereocenters. The third-order valence-corrected chi connectivity index (χ3v) is 3.94. The molecule has 3 nitrogen and oxygen atoms in total. The number of hydrogen-bond acceptors (Lipinski definition) is 2. The first kappa shape index (κ1) is 13.0. The van der Waals surface area contributed by atoms with E-state index in [1.807, 2.05) is 19.1 Å². The van der Waals surface area contributed by atoms with Gasteiger partial charge in [-0.15, -0.1) is 0 Å². The second kappa shape index (κ2) is 5.30. The zero-order chi connectivity index (χ0) is 12.3. The Balaban J connectivity index is 3.07. The zero-order valence-corrected chi connectivity index (χ0v) is 11.6. The van der Waals surface area contributed by atoms with Gasteiger partial charge in [0.15, 0.2) is 0 Å². The molecular formula is C12H13IN2O. The molecule has 4 heteroatoms. The maximum Gasteiger partial charge on any atom is 0.255 e. The van der Waals surface area contributed by atoms with Crippen molar-refractivity contribution in [1.29, 1.82) is 5.26 Å². The van der Waals surface area contributed by atoms with Crippen molar-refractivity contribution in [3.05, 3.63) is 32.9 Å². The molecule has 0 radical (unpaired) electrons. The fourth-order valence-corrected chi connectivity index (χ4v) is 1.86. The molecule has 16 heavy (non-hydrogen) atoms. The number of benzene rings is 1. The van der Waals surface area contributed by atoms with Crippen molar-refractivity contribution in [2.45, 2.75) is 19.9 Å². The molecule has 84 valence electrons. The first-order chi connectivity index (χ1) is 7.49. The van der Waals surface area contributed by atoms with Crippen LogP contribution in [0, 0.1) is 21.8 Å². The minimum atomic E-state index is -0.413.